The molecule has 1 atom stereocenters. The molecule has 2 rings (SSSR count). The first-order valence-corrected chi connectivity index (χ1v) is 6.10. The first kappa shape index (κ1) is 12.5. The molecule has 5 N–H and O–H groups in total. The Balaban J connectivity index is 2.26. The van der Waals surface area contributed by atoms with Gasteiger partial charge in [0, 0.05) is 12.1 Å². The van der Waals surface area contributed by atoms with Gasteiger partial charge in [0.05, 0.1) is 17.9 Å². The molecule has 1 aromatic rings. The van der Waals surface area contributed by atoms with E-state index in [4.69, 9.17) is 16.2 Å². The van der Waals surface area contributed by atoms with Crippen molar-refractivity contribution in [3.8, 4) is 5.75 Å². The number of hydrogen-bond donors (Lipinski definition) is 3. The summed E-state index contributed by atoms with van der Waals surface area (Å²) in [4.78, 5) is 4.36. The summed E-state index contributed by atoms with van der Waals surface area (Å²) in [6, 6.07) is 1.84. The van der Waals surface area contributed by atoms with Gasteiger partial charge in [-0.1, -0.05) is 0 Å². The number of benzene rings is 1. The minimum Gasteiger partial charge on any atom is -0.482 e. The molecule has 98 valence electrons. The third kappa shape index (κ3) is 2.20. The molecule has 1 unspecified atom stereocenters. The average molecular weight is 248 g/mol. The van der Waals surface area contributed by atoms with Crippen LogP contribution in [0.15, 0.2) is 11.1 Å². The summed E-state index contributed by atoms with van der Waals surface area (Å²) in [6.07, 6.45) is -0.104. The van der Waals surface area contributed by atoms with Crippen molar-refractivity contribution in [3.63, 3.8) is 0 Å². The van der Waals surface area contributed by atoms with Gasteiger partial charge in [0.15, 0.2) is 6.10 Å². The monoisotopic (exact) mass is 248 g/mol. The summed E-state index contributed by atoms with van der Waals surface area (Å²) in [7, 11) is 0. The van der Waals surface area contributed by atoms with Gasteiger partial charge < -0.3 is 21.5 Å². The second-order valence-corrected chi connectivity index (χ2v) is 4.60. The molecule has 18 heavy (non-hydrogen) atoms. The lowest BCUT2D eigenvalue weighted by atomic mass is 10.1. The normalized spacial score (nSPS) is 16.1. The minimum atomic E-state index is -0.104. The Kier molecular flexibility index (Phi) is 3.32. The third-order valence-corrected chi connectivity index (χ3v) is 3.17. The largest absolute Gasteiger partial charge is 0.482 e. The third-order valence-electron chi connectivity index (χ3n) is 3.17. The second kappa shape index (κ2) is 4.76. The molecule has 0 saturated carbocycles. The number of anilines is 2. The van der Waals surface area contributed by atoms with Crippen molar-refractivity contribution in [2.45, 2.75) is 26.9 Å². The first-order chi connectivity index (χ1) is 8.50. The predicted molar refractivity (Wildman–Crippen MR) is 75.1 cm³/mol. The van der Waals surface area contributed by atoms with Crippen LogP contribution in [-0.2, 0) is 0 Å². The SMILES string of the molecule is Cc1cc(N)c(N)c(C)c1OC(C)C1=NCCN1. The number of aryl methyl sites for hydroxylation is 1. The predicted octanol–water partition coefficient (Wildman–Crippen LogP) is 1.24. The van der Waals surface area contributed by atoms with Gasteiger partial charge in [0.25, 0.3) is 0 Å². The summed E-state index contributed by atoms with van der Waals surface area (Å²) in [5, 5.41) is 3.21. The van der Waals surface area contributed by atoms with E-state index in [1.54, 1.807) is 0 Å². The topological polar surface area (TPSA) is 85.7 Å². The highest BCUT2D eigenvalue weighted by Crippen LogP contribution is 2.33. The highest BCUT2D eigenvalue weighted by molar-refractivity contribution is 5.88. The van der Waals surface area contributed by atoms with Gasteiger partial charge in [-0.3, -0.25) is 4.99 Å². The first-order valence-electron chi connectivity index (χ1n) is 6.10. The van der Waals surface area contributed by atoms with Crippen LogP contribution in [0.3, 0.4) is 0 Å². The van der Waals surface area contributed by atoms with Crippen molar-refractivity contribution in [2.75, 3.05) is 24.6 Å². The quantitative estimate of drug-likeness (QED) is 0.702. The van der Waals surface area contributed by atoms with Crippen molar-refractivity contribution in [1.82, 2.24) is 5.32 Å². The van der Waals surface area contributed by atoms with Gasteiger partial charge in [0.2, 0.25) is 0 Å². The van der Waals surface area contributed by atoms with Crippen LogP contribution in [-0.4, -0.2) is 25.0 Å². The Labute approximate surface area is 107 Å². The van der Waals surface area contributed by atoms with Gasteiger partial charge >= 0.3 is 0 Å². The van der Waals surface area contributed by atoms with Crippen molar-refractivity contribution >= 4 is 17.2 Å². The van der Waals surface area contributed by atoms with Crippen molar-refractivity contribution in [2.24, 2.45) is 4.99 Å². The van der Waals surface area contributed by atoms with Gasteiger partial charge in [-0.15, -0.1) is 0 Å². The number of rotatable bonds is 3. The Morgan fingerprint density at radius 2 is 2.11 bits per heavy atom. The summed E-state index contributed by atoms with van der Waals surface area (Å²) in [6.45, 7) is 7.55. The lowest BCUT2D eigenvalue weighted by molar-refractivity contribution is 0.280. The van der Waals surface area contributed by atoms with Gasteiger partial charge in [0.1, 0.15) is 11.6 Å². The number of nitrogen functional groups attached to an aromatic ring is 2. The molecule has 1 aliphatic heterocycles. The van der Waals surface area contributed by atoms with E-state index in [2.05, 4.69) is 10.3 Å². The van der Waals surface area contributed by atoms with Crippen LogP contribution < -0.4 is 21.5 Å². The van der Waals surface area contributed by atoms with E-state index in [0.29, 0.717) is 11.4 Å². The number of aliphatic imine (C=N–C) groups is 1. The van der Waals surface area contributed by atoms with Crippen molar-refractivity contribution in [3.05, 3.63) is 17.2 Å². The van der Waals surface area contributed by atoms with E-state index < -0.39 is 0 Å². The van der Waals surface area contributed by atoms with E-state index in [-0.39, 0.29) is 6.10 Å². The van der Waals surface area contributed by atoms with Crippen molar-refractivity contribution in [1.29, 1.82) is 0 Å². The molecular weight excluding hydrogens is 228 g/mol. The number of ether oxygens (including phenoxy) is 1. The molecule has 0 fully saturated rings. The number of hydrogen-bond acceptors (Lipinski definition) is 5. The fraction of sp³-hybridized carbons (Fsp3) is 0.462. The number of nitrogens with one attached hydrogen (secondary N) is 1. The Hall–Kier alpha value is -1.91. The molecular formula is C13H20N4O. The summed E-state index contributed by atoms with van der Waals surface area (Å²) in [5.74, 6) is 1.69. The van der Waals surface area contributed by atoms with Crippen LogP contribution in [0.25, 0.3) is 0 Å². The molecule has 1 aromatic carbocycles. The Bertz CT molecular complexity index is 496. The molecule has 0 radical (unpaired) electrons. The average Bonchev–Trinajstić information content (AvgIpc) is 2.85. The molecule has 0 spiro atoms. The van der Waals surface area contributed by atoms with Crippen molar-refractivity contribution < 1.29 is 4.74 Å². The zero-order chi connectivity index (χ0) is 13.3. The fourth-order valence-corrected chi connectivity index (χ4v) is 2.11. The molecule has 0 saturated heterocycles. The highest BCUT2D eigenvalue weighted by Gasteiger charge is 2.18. The van der Waals surface area contributed by atoms with E-state index in [1.807, 2.05) is 26.8 Å². The molecule has 0 bridgehead atoms. The summed E-state index contributed by atoms with van der Waals surface area (Å²) in [5.41, 5.74) is 14.8. The number of nitrogens with two attached hydrogens (primary N) is 2. The van der Waals surface area contributed by atoms with Gasteiger partial charge in [-0.2, -0.15) is 0 Å². The molecule has 5 heteroatoms. The van der Waals surface area contributed by atoms with Gasteiger partial charge in [-0.05, 0) is 32.4 Å². The van der Waals surface area contributed by atoms with E-state index in [0.717, 1.165) is 35.8 Å². The van der Waals surface area contributed by atoms with Crippen LogP contribution in [0.4, 0.5) is 11.4 Å². The van der Waals surface area contributed by atoms with Crippen LogP contribution in [0.2, 0.25) is 0 Å². The summed E-state index contributed by atoms with van der Waals surface area (Å²) < 4.78 is 5.97. The number of amidine groups is 1. The van der Waals surface area contributed by atoms with E-state index >= 15 is 0 Å². The molecule has 0 aliphatic carbocycles. The lowest BCUT2D eigenvalue weighted by Gasteiger charge is -2.20. The lowest BCUT2D eigenvalue weighted by Crippen LogP contribution is -2.33. The molecule has 5 nitrogen and oxygen atoms in total. The zero-order valence-corrected chi connectivity index (χ0v) is 11.1. The smallest absolute Gasteiger partial charge is 0.152 e. The Morgan fingerprint density at radius 1 is 1.39 bits per heavy atom. The fourth-order valence-electron chi connectivity index (χ4n) is 2.11. The molecule has 1 heterocycles. The number of nitrogens with zero attached hydrogens (tertiary/aromatic N) is 1. The van der Waals surface area contributed by atoms with Crippen LogP contribution >= 0.6 is 0 Å². The highest BCUT2D eigenvalue weighted by atomic mass is 16.5. The van der Waals surface area contributed by atoms with E-state index in [1.165, 1.54) is 0 Å². The van der Waals surface area contributed by atoms with E-state index in [9.17, 15) is 0 Å². The molecule has 1 aliphatic rings. The van der Waals surface area contributed by atoms with Crippen LogP contribution in [0.5, 0.6) is 5.75 Å². The zero-order valence-electron chi connectivity index (χ0n) is 11.1. The molecule has 0 amide bonds. The second-order valence-electron chi connectivity index (χ2n) is 4.60. The maximum atomic E-state index is 5.97. The van der Waals surface area contributed by atoms with Crippen LogP contribution in [0.1, 0.15) is 18.1 Å². The molecule has 0 aromatic heterocycles. The maximum absolute atomic E-state index is 5.97. The summed E-state index contributed by atoms with van der Waals surface area (Å²) >= 11 is 0. The van der Waals surface area contributed by atoms with Crippen LogP contribution in [0, 0.1) is 13.8 Å². The van der Waals surface area contributed by atoms with Gasteiger partial charge in [-0.25, -0.2) is 0 Å². The minimum absolute atomic E-state index is 0.104. The Morgan fingerprint density at radius 3 is 2.72 bits per heavy atom. The maximum Gasteiger partial charge on any atom is 0.152 e. The standard InChI is InChI=1S/C13H20N4O/c1-7-6-10(14)11(15)8(2)12(7)18-9(3)13-16-4-5-17-13/h6,9H,4-5,14-15H2,1-3H3,(H,16,17).